The zero-order valence-corrected chi connectivity index (χ0v) is 14.4. The van der Waals surface area contributed by atoms with Crippen LogP contribution in [0.15, 0.2) is 36.9 Å². The Morgan fingerprint density at radius 1 is 1.13 bits per heavy atom. The van der Waals surface area contributed by atoms with Gasteiger partial charge in [-0.2, -0.15) is 0 Å². The van der Waals surface area contributed by atoms with Gasteiger partial charge in [-0.15, -0.1) is 0 Å². The van der Waals surface area contributed by atoms with Crippen LogP contribution in [0.25, 0.3) is 0 Å². The molecule has 0 unspecified atom stereocenters. The van der Waals surface area contributed by atoms with Gasteiger partial charge in [-0.3, -0.25) is 14.8 Å². The first kappa shape index (κ1) is 16.1. The van der Waals surface area contributed by atoms with Crippen LogP contribution in [-0.2, 0) is 7.05 Å². The molecule has 1 aliphatic rings. The van der Waals surface area contributed by atoms with E-state index in [0.29, 0.717) is 12.1 Å². The highest BCUT2D eigenvalue weighted by Crippen LogP contribution is 2.26. The van der Waals surface area contributed by atoms with Gasteiger partial charge in [-0.1, -0.05) is 13.0 Å². The number of pyridine rings is 1. The molecule has 2 aromatic rings. The lowest BCUT2D eigenvalue weighted by molar-refractivity contribution is 0.0678. The van der Waals surface area contributed by atoms with Crippen LogP contribution in [0.3, 0.4) is 0 Å². The number of hydrogen-bond acceptors (Lipinski definition) is 4. The van der Waals surface area contributed by atoms with Crippen molar-refractivity contribution in [2.75, 3.05) is 26.2 Å². The monoisotopic (exact) mass is 313 g/mol. The average Bonchev–Trinajstić information content (AvgIpc) is 3.02. The minimum Gasteiger partial charge on any atom is -0.337 e. The molecule has 0 spiro atoms. The minimum absolute atomic E-state index is 0.422. The van der Waals surface area contributed by atoms with Crippen molar-refractivity contribution in [3.8, 4) is 0 Å². The third-order valence-electron chi connectivity index (χ3n) is 5.05. The van der Waals surface area contributed by atoms with Crippen molar-refractivity contribution < 1.29 is 0 Å². The Hall–Kier alpha value is -1.72. The molecule has 5 nitrogen and oxygen atoms in total. The summed E-state index contributed by atoms with van der Waals surface area (Å²) in [7, 11) is 2.09. The summed E-state index contributed by atoms with van der Waals surface area (Å²) in [5, 5.41) is 0. The maximum Gasteiger partial charge on any atom is 0.125 e. The number of aromatic nitrogens is 3. The lowest BCUT2D eigenvalue weighted by Crippen LogP contribution is -2.48. The molecule has 3 heterocycles. The van der Waals surface area contributed by atoms with Gasteiger partial charge in [-0.05, 0) is 25.0 Å². The second-order valence-corrected chi connectivity index (χ2v) is 6.35. The van der Waals surface area contributed by atoms with E-state index in [1.54, 1.807) is 0 Å². The van der Waals surface area contributed by atoms with Gasteiger partial charge in [0.05, 0.1) is 6.04 Å². The molecule has 0 saturated carbocycles. The Bertz CT molecular complexity index is 601. The van der Waals surface area contributed by atoms with Crippen molar-refractivity contribution in [3.63, 3.8) is 0 Å². The van der Waals surface area contributed by atoms with E-state index in [2.05, 4.69) is 51.3 Å². The van der Waals surface area contributed by atoms with Crippen molar-refractivity contribution >= 4 is 0 Å². The Morgan fingerprint density at radius 2 is 1.87 bits per heavy atom. The fourth-order valence-corrected chi connectivity index (χ4v) is 3.57. The van der Waals surface area contributed by atoms with E-state index < -0.39 is 0 Å². The largest absolute Gasteiger partial charge is 0.337 e. The van der Waals surface area contributed by atoms with Crippen LogP contribution in [-0.4, -0.2) is 50.5 Å². The Morgan fingerprint density at radius 3 is 2.43 bits per heavy atom. The summed E-state index contributed by atoms with van der Waals surface area (Å²) < 4.78 is 2.15. The summed E-state index contributed by atoms with van der Waals surface area (Å²) in [5.74, 6) is 1.18. The van der Waals surface area contributed by atoms with Crippen LogP contribution in [0.2, 0.25) is 0 Å². The highest BCUT2D eigenvalue weighted by Gasteiger charge is 2.28. The predicted octanol–water partition coefficient (Wildman–Crippen LogP) is 2.65. The molecule has 23 heavy (non-hydrogen) atoms. The molecule has 1 aliphatic heterocycles. The third-order valence-corrected chi connectivity index (χ3v) is 5.05. The van der Waals surface area contributed by atoms with Crippen LogP contribution in [0, 0.1) is 0 Å². The minimum atomic E-state index is 0.422. The number of nitrogens with zero attached hydrogens (tertiary/aromatic N) is 5. The highest BCUT2D eigenvalue weighted by molar-refractivity contribution is 5.13. The fourth-order valence-electron chi connectivity index (χ4n) is 3.57. The van der Waals surface area contributed by atoms with Crippen LogP contribution >= 0.6 is 0 Å². The number of hydrogen-bond donors (Lipinski definition) is 0. The van der Waals surface area contributed by atoms with Gasteiger partial charge in [0.25, 0.3) is 0 Å². The molecule has 0 radical (unpaired) electrons. The normalized spacial score (nSPS) is 19.6. The molecule has 0 aromatic carbocycles. The number of rotatable bonds is 5. The fraction of sp³-hybridized carbons (Fsp3) is 0.556. The molecule has 0 amide bonds. The molecular weight excluding hydrogens is 286 g/mol. The molecule has 5 heteroatoms. The zero-order valence-electron chi connectivity index (χ0n) is 14.4. The maximum absolute atomic E-state index is 4.56. The summed E-state index contributed by atoms with van der Waals surface area (Å²) in [6, 6.07) is 5.05. The molecule has 2 aromatic heterocycles. The van der Waals surface area contributed by atoms with Crippen molar-refractivity contribution in [2.24, 2.45) is 7.05 Å². The number of imidazole rings is 1. The molecule has 2 atom stereocenters. The summed E-state index contributed by atoms with van der Waals surface area (Å²) in [4.78, 5) is 13.9. The van der Waals surface area contributed by atoms with Gasteiger partial charge < -0.3 is 4.57 Å². The second-order valence-electron chi connectivity index (χ2n) is 6.35. The molecule has 1 saturated heterocycles. The van der Waals surface area contributed by atoms with E-state index in [0.717, 1.165) is 32.6 Å². The highest BCUT2D eigenvalue weighted by atomic mass is 15.3. The molecule has 124 valence electrons. The summed E-state index contributed by atoms with van der Waals surface area (Å²) in [6.45, 7) is 8.91. The van der Waals surface area contributed by atoms with E-state index in [9.17, 15) is 0 Å². The number of aryl methyl sites for hydroxylation is 1. The molecule has 0 N–H and O–H groups in total. The van der Waals surface area contributed by atoms with Crippen LogP contribution in [0.4, 0.5) is 0 Å². The Kier molecular flexibility index (Phi) is 5.08. The standard InChI is InChI=1S/C18H27N5/c1-4-17(18-20-8-9-21(18)3)23-12-10-22(11-13-23)15(2)16-6-5-7-19-14-16/h5-9,14-15,17H,4,10-13H2,1-3H3/t15-,17-/m1/s1. The zero-order chi connectivity index (χ0) is 16.2. The average molecular weight is 313 g/mol. The van der Waals surface area contributed by atoms with E-state index >= 15 is 0 Å². The second kappa shape index (κ2) is 7.23. The first-order valence-electron chi connectivity index (χ1n) is 8.56. The van der Waals surface area contributed by atoms with Crippen molar-refractivity contribution in [1.82, 2.24) is 24.3 Å². The maximum atomic E-state index is 4.56. The van der Waals surface area contributed by atoms with E-state index in [-0.39, 0.29) is 0 Å². The summed E-state index contributed by atoms with van der Waals surface area (Å²) >= 11 is 0. The van der Waals surface area contributed by atoms with Gasteiger partial charge in [0.1, 0.15) is 5.82 Å². The molecule has 0 aliphatic carbocycles. The topological polar surface area (TPSA) is 37.2 Å². The van der Waals surface area contributed by atoms with E-state index in [4.69, 9.17) is 0 Å². The molecule has 3 rings (SSSR count). The van der Waals surface area contributed by atoms with Crippen molar-refractivity contribution in [1.29, 1.82) is 0 Å². The third kappa shape index (κ3) is 3.46. The molecular formula is C18H27N5. The van der Waals surface area contributed by atoms with Crippen LogP contribution < -0.4 is 0 Å². The summed E-state index contributed by atoms with van der Waals surface area (Å²) in [6.07, 6.45) is 8.87. The smallest absolute Gasteiger partial charge is 0.125 e. The Balaban J connectivity index is 1.63. The van der Waals surface area contributed by atoms with E-state index in [1.807, 2.05) is 30.9 Å². The van der Waals surface area contributed by atoms with Gasteiger partial charge in [-0.25, -0.2) is 4.98 Å². The lowest BCUT2D eigenvalue weighted by atomic mass is 10.1. The van der Waals surface area contributed by atoms with Gasteiger partial charge in [0.15, 0.2) is 0 Å². The lowest BCUT2D eigenvalue weighted by Gasteiger charge is -2.41. The molecule has 0 bridgehead atoms. The molecule has 1 fully saturated rings. The predicted molar refractivity (Wildman–Crippen MR) is 92.0 cm³/mol. The van der Waals surface area contributed by atoms with Crippen LogP contribution in [0.1, 0.15) is 43.7 Å². The number of piperazine rings is 1. The van der Waals surface area contributed by atoms with Gasteiger partial charge in [0, 0.05) is 64.1 Å². The summed E-state index contributed by atoms with van der Waals surface area (Å²) in [5.41, 5.74) is 1.30. The first-order chi connectivity index (χ1) is 11.2. The van der Waals surface area contributed by atoms with Gasteiger partial charge >= 0.3 is 0 Å². The SMILES string of the molecule is CC[C@H](c1nccn1C)N1CCN([C@H](C)c2cccnc2)CC1. The Labute approximate surface area is 139 Å². The van der Waals surface area contributed by atoms with Crippen molar-refractivity contribution in [2.45, 2.75) is 32.4 Å². The van der Waals surface area contributed by atoms with Crippen LogP contribution in [0.5, 0.6) is 0 Å². The quantitative estimate of drug-likeness (QED) is 0.850. The first-order valence-corrected chi connectivity index (χ1v) is 8.56. The van der Waals surface area contributed by atoms with E-state index in [1.165, 1.54) is 11.4 Å². The van der Waals surface area contributed by atoms with Crippen molar-refractivity contribution in [3.05, 3.63) is 48.3 Å². The van der Waals surface area contributed by atoms with Gasteiger partial charge in [0.2, 0.25) is 0 Å².